The topological polar surface area (TPSA) is 66.9 Å². The van der Waals surface area contributed by atoms with Gasteiger partial charge in [-0.25, -0.2) is 8.42 Å². The number of rotatable bonds is 5. The van der Waals surface area contributed by atoms with Gasteiger partial charge in [0.15, 0.2) is 0 Å². The molecule has 1 aliphatic heterocycles. The van der Waals surface area contributed by atoms with Gasteiger partial charge in [0, 0.05) is 19.1 Å². The summed E-state index contributed by atoms with van der Waals surface area (Å²) in [5, 5.41) is 0. The molecule has 6 nitrogen and oxygen atoms in total. The third-order valence-corrected chi connectivity index (χ3v) is 5.84. The first-order valence-electron chi connectivity index (χ1n) is 7.55. The Hall–Kier alpha value is -1.60. The number of ether oxygens (including phenoxy) is 1. The first-order valence-corrected chi connectivity index (χ1v) is 8.99. The van der Waals surface area contributed by atoms with E-state index >= 15 is 0 Å². The normalized spacial score (nSPS) is 20.2. The summed E-state index contributed by atoms with van der Waals surface area (Å²) in [7, 11) is -3.63. The quantitative estimate of drug-likeness (QED) is 0.813. The molecule has 2 aliphatic rings. The van der Waals surface area contributed by atoms with E-state index in [2.05, 4.69) is 0 Å². The van der Waals surface area contributed by atoms with Gasteiger partial charge in [-0.05, 0) is 44.0 Å². The lowest BCUT2D eigenvalue weighted by Gasteiger charge is -2.33. The lowest BCUT2D eigenvalue weighted by molar-refractivity contribution is -0.134. The van der Waals surface area contributed by atoms with Crippen molar-refractivity contribution in [3.8, 4) is 5.75 Å². The Bertz CT molecular complexity index is 653. The molecule has 1 aromatic carbocycles. The maximum absolute atomic E-state index is 12.6. The molecule has 2 fully saturated rings. The van der Waals surface area contributed by atoms with Crippen molar-refractivity contribution in [2.24, 2.45) is 0 Å². The van der Waals surface area contributed by atoms with Crippen LogP contribution in [0.2, 0.25) is 0 Å². The van der Waals surface area contributed by atoms with E-state index < -0.39 is 10.0 Å². The minimum atomic E-state index is -3.63. The Balaban J connectivity index is 1.73. The number of amides is 1. The van der Waals surface area contributed by atoms with E-state index in [0.29, 0.717) is 31.5 Å². The number of hydrogen-bond acceptors (Lipinski definition) is 4. The Kier molecular flexibility index (Phi) is 4.10. The molecule has 0 spiro atoms. The SMILES string of the molecule is CCOc1ccc(S(=O)(=O)N2CCN(C3CC3)C(=O)C2)cc1. The van der Waals surface area contributed by atoms with Gasteiger partial charge in [0.05, 0.1) is 18.0 Å². The summed E-state index contributed by atoms with van der Waals surface area (Å²) in [6.07, 6.45) is 2.08. The molecule has 0 radical (unpaired) electrons. The highest BCUT2D eigenvalue weighted by atomic mass is 32.2. The zero-order valence-electron chi connectivity index (χ0n) is 12.6. The van der Waals surface area contributed by atoms with Crippen LogP contribution in [0.3, 0.4) is 0 Å². The number of benzene rings is 1. The molecule has 0 atom stereocenters. The predicted octanol–water partition coefficient (Wildman–Crippen LogP) is 1.08. The van der Waals surface area contributed by atoms with E-state index in [1.807, 2.05) is 11.8 Å². The number of nitrogens with zero attached hydrogens (tertiary/aromatic N) is 2. The molecule has 0 aromatic heterocycles. The molecule has 0 bridgehead atoms. The summed E-state index contributed by atoms with van der Waals surface area (Å²) in [6.45, 7) is 3.18. The molecule has 1 aromatic rings. The first-order chi connectivity index (χ1) is 10.5. The highest BCUT2D eigenvalue weighted by Gasteiger charge is 2.39. The number of carbonyl (C=O) groups excluding carboxylic acids is 1. The highest BCUT2D eigenvalue weighted by molar-refractivity contribution is 7.89. The lowest BCUT2D eigenvalue weighted by atomic mass is 10.3. The van der Waals surface area contributed by atoms with Crippen LogP contribution in [-0.2, 0) is 14.8 Å². The molecular weight excluding hydrogens is 304 g/mol. The van der Waals surface area contributed by atoms with E-state index in [-0.39, 0.29) is 17.3 Å². The predicted molar refractivity (Wildman–Crippen MR) is 81.1 cm³/mol. The van der Waals surface area contributed by atoms with Crippen molar-refractivity contribution in [3.63, 3.8) is 0 Å². The van der Waals surface area contributed by atoms with Crippen molar-refractivity contribution in [2.75, 3.05) is 26.2 Å². The Morgan fingerprint density at radius 1 is 1.18 bits per heavy atom. The second-order valence-electron chi connectivity index (χ2n) is 5.56. The van der Waals surface area contributed by atoms with Gasteiger partial charge in [0.25, 0.3) is 0 Å². The van der Waals surface area contributed by atoms with E-state index in [4.69, 9.17) is 4.74 Å². The van der Waals surface area contributed by atoms with Gasteiger partial charge in [0.2, 0.25) is 15.9 Å². The fourth-order valence-electron chi connectivity index (χ4n) is 2.67. The Labute approximate surface area is 130 Å². The molecule has 7 heteroatoms. The first kappa shape index (κ1) is 15.3. The summed E-state index contributed by atoms with van der Waals surface area (Å²) in [4.78, 5) is 14.1. The minimum Gasteiger partial charge on any atom is -0.494 e. The number of hydrogen-bond donors (Lipinski definition) is 0. The molecule has 1 amide bonds. The van der Waals surface area contributed by atoms with Crippen molar-refractivity contribution in [1.29, 1.82) is 0 Å². The largest absolute Gasteiger partial charge is 0.494 e. The van der Waals surface area contributed by atoms with Crippen LogP contribution in [0.1, 0.15) is 19.8 Å². The highest BCUT2D eigenvalue weighted by Crippen LogP contribution is 2.29. The molecule has 1 saturated carbocycles. The van der Waals surface area contributed by atoms with Crippen molar-refractivity contribution < 1.29 is 17.9 Å². The summed E-state index contributed by atoms with van der Waals surface area (Å²) in [5.74, 6) is 0.541. The zero-order chi connectivity index (χ0) is 15.7. The fourth-order valence-corrected chi connectivity index (χ4v) is 4.05. The standard InChI is InChI=1S/C15H20N2O4S/c1-2-21-13-5-7-14(8-6-13)22(19,20)16-9-10-17(12-3-4-12)15(18)11-16/h5-8,12H,2-4,9-11H2,1H3. The smallest absolute Gasteiger partial charge is 0.243 e. The molecular formula is C15H20N2O4S. The summed E-state index contributed by atoms with van der Waals surface area (Å²) < 4.78 is 31.8. The van der Waals surface area contributed by atoms with E-state index in [1.54, 1.807) is 12.1 Å². The van der Waals surface area contributed by atoms with Crippen LogP contribution in [-0.4, -0.2) is 55.8 Å². The molecule has 1 saturated heterocycles. The average Bonchev–Trinajstić information content (AvgIpc) is 3.32. The minimum absolute atomic E-state index is 0.0634. The Morgan fingerprint density at radius 2 is 1.86 bits per heavy atom. The average molecular weight is 324 g/mol. The molecule has 1 heterocycles. The van der Waals surface area contributed by atoms with Crippen LogP contribution in [0.25, 0.3) is 0 Å². The van der Waals surface area contributed by atoms with Crippen molar-refractivity contribution in [1.82, 2.24) is 9.21 Å². The molecule has 0 unspecified atom stereocenters. The molecule has 22 heavy (non-hydrogen) atoms. The van der Waals surface area contributed by atoms with E-state index in [9.17, 15) is 13.2 Å². The summed E-state index contributed by atoms with van der Waals surface area (Å²) in [5.41, 5.74) is 0. The fraction of sp³-hybridized carbons (Fsp3) is 0.533. The van der Waals surface area contributed by atoms with Crippen molar-refractivity contribution >= 4 is 15.9 Å². The second kappa shape index (κ2) is 5.89. The van der Waals surface area contributed by atoms with Crippen molar-refractivity contribution in [2.45, 2.75) is 30.7 Å². The molecule has 120 valence electrons. The van der Waals surface area contributed by atoms with Gasteiger partial charge in [-0.2, -0.15) is 4.31 Å². The zero-order valence-corrected chi connectivity index (χ0v) is 13.4. The third-order valence-electron chi connectivity index (χ3n) is 3.98. The third kappa shape index (κ3) is 2.96. The monoisotopic (exact) mass is 324 g/mol. The number of carbonyl (C=O) groups is 1. The van der Waals surface area contributed by atoms with Crippen molar-refractivity contribution in [3.05, 3.63) is 24.3 Å². The van der Waals surface area contributed by atoms with Crippen LogP contribution in [0.4, 0.5) is 0 Å². The van der Waals surface area contributed by atoms with Crippen LogP contribution < -0.4 is 4.74 Å². The van der Waals surface area contributed by atoms with Crippen LogP contribution in [0.5, 0.6) is 5.75 Å². The van der Waals surface area contributed by atoms with Gasteiger partial charge in [-0.3, -0.25) is 4.79 Å². The number of piperazine rings is 1. The maximum atomic E-state index is 12.6. The second-order valence-corrected chi connectivity index (χ2v) is 7.50. The lowest BCUT2D eigenvalue weighted by Crippen LogP contribution is -2.52. The van der Waals surface area contributed by atoms with Crippen LogP contribution >= 0.6 is 0 Å². The molecule has 3 rings (SSSR count). The Morgan fingerprint density at radius 3 is 2.41 bits per heavy atom. The van der Waals surface area contributed by atoms with Gasteiger partial charge in [0.1, 0.15) is 5.75 Å². The van der Waals surface area contributed by atoms with Crippen LogP contribution in [0, 0.1) is 0 Å². The maximum Gasteiger partial charge on any atom is 0.243 e. The van der Waals surface area contributed by atoms with Crippen LogP contribution in [0.15, 0.2) is 29.2 Å². The van der Waals surface area contributed by atoms with Gasteiger partial charge in [-0.15, -0.1) is 0 Å². The van der Waals surface area contributed by atoms with Gasteiger partial charge in [-0.1, -0.05) is 0 Å². The van der Waals surface area contributed by atoms with Gasteiger partial charge >= 0.3 is 0 Å². The van der Waals surface area contributed by atoms with Gasteiger partial charge < -0.3 is 9.64 Å². The summed E-state index contributed by atoms with van der Waals surface area (Å²) >= 11 is 0. The molecule has 1 aliphatic carbocycles. The van der Waals surface area contributed by atoms with E-state index in [0.717, 1.165) is 12.8 Å². The van der Waals surface area contributed by atoms with E-state index in [1.165, 1.54) is 16.4 Å². The molecule has 0 N–H and O–H groups in total. The summed E-state index contributed by atoms with van der Waals surface area (Å²) in [6, 6.07) is 6.66. The number of sulfonamides is 1.